The first-order chi connectivity index (χ1) is 7.09. The largest absolute Gasteiger partial charge is 0.369 e. The monoisotopic (exact) mass is 215 g/mol. The Balaban J connectivity index is 0.000000921. The molecule has 0 aromatic carbocycles. The van der Waals surface area contributed by atoms with Crippen molar-refractivity contribution in [1.29, 1.82) is 0 Å². The van der Waals surface area contributed by atoms with Crippen molar-refractivity contribution in [1.82, 2.24) is 9.80 Å². The molecule has 1 heterocycles. The summed E-state index contributed by atoms with van der Waals surface area (Å²) >= 11 is 0. The fraction of sp³-hybridized carbons (Fsp3) is 0.909. The SMILES string of the molecule is CC.CC(C)N1CCN(CC(N)=O)CC1. The number of primary amides is 1. The van der Waals surface area contributed by atoms with Gasteiger partial charge in [0.15, 0.2) is 0 Å². The number of carbonyl (C=O) groups is 1. The van der Waals surface area contributed by atoms with Crippen LogP contribution in [0.5, 0.6) is 0 Å². The van der Waals surface area contributed by atoms with Gasteiger partial charge in [-0.25, -0.2) is 0 Å². The maximum Gasteiger partial charge on any atom is 0.231 e. The molecule has 90 valence electrons. The van der Waals surface area contributed by atoms with E-state index in [2.05, 4.69) is 23.6 Å². The van der Waals surface area contributed by atoms with E-state index < -0.39 is 0 Å². The van der Waals surface area contributed by atoms with Gasteiger partial charge in [-0.05, 0) is 13.8 Å². The van der Waals surface area contributed by atoms with Crippen molar-refractivity contribution in [3.05, 3.63) is 0 Å². The van der Waals surface area contributed by atoms with Gasteiger partial charge < -0.3 is 5.73 Å². The molecule has 1 rings (SSSR count). The summed E-state index contributed by atoms with van der Waals surface area (Å²) in [5.74, 6) is -0.224. The lowest BCUT2D eigenvalue weighted by molar-refractivity contribution is -0.119. The zero-order valence-electron chi connectivity index (χ0n) is 10.5. The van der Waals surface area contributed by atoms with E-state index >= 15 is 0 Å². The second kappa shape index (κ2) is 7.65. The van der Waals surface area contributed by atoms with Crippen LogP contribution in [0.15, 0.2) is 0 Å². The van der Waals surface area contributed by atoms with Gasteiger partial charge >= 0.3 is 0 Å². The maximum atomic E-state index is 10.6. The Morgan fingerprint density at radius 1 is 1.20 bits per heavy atom. The van der Waals surface area contributed by atoms with Crippen LogP contribution in [0, 0.1) is 0 Å². The number of rotatable bonds is 3. The summed E-state index contributed by atoms with van der Waals surface area (Å²) in [6.07, 6.45) is 0. The van der Waals surface area contributed by atoms with Crippen molar-refractivity contribution in [3.8, 4) is 0 Å². The third-order valence-electron chi connectivity index (χ3n) is 2.52. The molecule has 1 amide bonds. The lowest BCUT2D eigenvalue weighted by Crippen LogP contribution is -2.50. The molecular formula is C11H25N3O. The van der Waals surface area contributed by atoms with Gasteiger partial charge in [-0.15, -0.1) is 0 Å². The van der Waals surface area contributed by atoms with Crippen LogP contribution in [0.2, 0.25) is 0 Å². The number of piperazine rings is 1. The van der Waals surface area contributed by atoms with E-state index in [1.807, 2.05) is 13.8 Å². The number of amides is 1. The highest BCUT2D eigenvalue weighted by atomic mass is 16.1. The predicted octanol–water partition coefficient (Wildman–Crippen LogP) is 0.524. The predicted molar refractivity (Wildman–Crippen MR) is 63.7 cm³/mol. The quantitative estimate of drug-likeness (QED) is 0.747. The van der Waals surface area contributed by atoms with Gasteiger partial charge in [-0.2, -0.15) is 0 Å². The van der Waals surface area contributed by atoms with Gasteiger partial charge in [-0.3, -0.25) is 14.6 Å². The number of carbonyl (C=O) groups excluding carboxylic acids is 1. The fourth-order valence-corrected chi connectivity index (χ4v) is 1.66. The zero-order valence-corrected chi connectivity index (χ0v) is 10.5. The van der Waals surface area contributed by atoms with Gasteiger partial charge in [0, 0.05) is 32.2 Å². The minimum atomic E-state index is -0.224. The molecule has 0 bridgehead atoms. The average molecular weight is 215 g/mol. The van der Waals surface area contributed by atoms with Gasteiger partial charge in [-0.1, -0.05) is 13.8 Å². The van der Waals surface area contributed by atoms with E-state index in [0.29, 0.717) is 12.6 Å². The summed E-state index contributed by atoms with van der Waals surface area (Å²) in [6.45, 7) is 12.8. The second-order valence-corrected chi connectivity index (χ2v) is 3.87. The van der Waals surface area contributed by atoms with E-state index in [1.165, 1.54) is 0 Å². The van der Waals surface area contributed by atoms with E-state index in [4.69, 9.17) is 5.73 Å². The molecule has 0 aromatic rings. The summed E-state index contributed by atoms with van der Waals surface area (Å²) < 4.78 is 0. The molecule has 1 saturated heterocycles. The number of hydrogen-bond acceptors (Lipinski definition) is 3. The van der Waals surface area contributed by atoms with Gasteiger partial charge in [0.2, 0.25) is 5.91 Å². The van der Waals surface area contributed by atoms with Crippen LogP contribution >= 0.6 is 0 Å². The Kier molecular flexibility index (Phi) is 7.34. The molecule has 0 saturated carbocycles. The third kappa shape index (κ3) is 5.74. The van der Waals surface area contributed by atoms with Gasteiger partial charge in [0.25, 0.3) is 0 Å². The first-order valence-electron chi connectivity index (χ1n) is 5.84. The Hall–Kier alpha value is -0.610. The van der Waals surface area contributed by atoms with Crippen LogP contribution in [-0.4, -0.2) is 54.5 Å². The molecule has 0 spiro atoms. The molecule has 1 aliphatic rings. The molecule has 0 unspecified atom stereocenters. The highest BCUT2D eigenvalue weighted by Crippen LogP contribution is 2.04. The van der Waals surface area contributed by atoms with Crippen molar-refractivity contribution in [3.63, 3.8) is 0 Å². The van der Waals surface area contributed by atoms with Crippen LogP contribution in [0.4, 0.5) is 0 Å². The molecular weight excluding hydrogens is 190 g/mol. The normalized spacial score (nSPS) is 18.5. The lowest BCUT2D eigenvalue weighted by Gasteiger charge is -2.36. The molecule has 0 aromatic heterocycles. The summed E-state index contributed by atoms with van der Waals surface area (Å²) in [5.41, 5.74) is 5.12. The van der Waals surface area contributed by atoms with Crippen LogP contribution < -0.4 is 5.73 Å². The minimum absolute atomic E-state index is 0.224. The Morgan fingerprint density at radius 3 is 2.00 bits per heavy atom. The lowest BCUT2D eigenvalue weighted by atomic mass is 10.2. The molecule has 0 aliphatic carbocycles. The standard InChI is InChI=1S/C9H19N3O.C2H6/c1-8(2)12-5-3-11(4-6-12)7-9(10)13;1-2/h8H,3-7H2,1-2H3,(H2,10,13);1-2H3. The summed E-state index contributed by atoms with van der Waals surface area (Å²) in [5, 5.41) is 0. The molecule has 1 fully saturated rings. The first kappa shape index (κ1) is 14.4. The maximum absolute atomic E-state index is 10.6. The van der Waals surface area contributed by atoms with Crippen LogP contribution in [0.25, 0.3) is 0 Å². The number of nitrogens with zero attached hydrogens (tertiary/aromatic N) is 2. The zero-order chi connectivity index (χ0) is 11.8. The fourth-order valence-electron chi connectivity index (χ4n) is 1.66. The molecule has 0 radical (unpaired) electrons. The van der Waals surface area contributed by atoms with E-state index in [1.54, 1.807) is 0 Å². The average Bonchev–Trinajstić information content (AvgIpc) is 2.20. The Bertz CT molecular complexity index is 175. The topological polar surface area (TPSA) is 49.6 Å². The van der Waals surface area contributed by atoms with Crippen molar-refractivity contribution < 1.29 is 4.79 Å². The highest BCUT2D eigenvalue weighted by molar-refractivity contribution is 5.75. The van der Waals surface area contributed by atoms with Crippen molar-refractivity contribution >= 4 is 5.91 Å². The highest BCUT2D eigenvalue weighted by Gasteiger charge is 2.19. The molecule has 4 nitrogen and oxygen atoms in total. The third-order valence-corrected chi connectivity index (χ3v) is 2.52. The van der Waals surface area contributed by atoms with E-state index in [-0.39, 0.29) is 5.91 Å². The van der Waals surface area contributed by atoms with Crippen molar-refractivity contribution in [2.24, 2.45) is 5.73 Å². The van der Waals surface area contributed by atoms with Gasteiger partial charge in [0.1, 0.15) is 0 Å². The van der Waals surface area contributed by atoms with Gasteiger partial charge in [0.05, 0.1) is 6.54 Å². The molecule has 15 heavy (non-hydrogen) atoms. The minimum Gasteiger partial charge on any atom is -0.369 e. The Labute approximate surface area is 93.4 Å². The summed E-state index contributed by atoms with van der Waals surface area (Å²) in [6, 6.07) is 0.607. The number of nitrogens with two attached hydrogens (primary N) is 1. The van der Waals surface area contributed by atoms with E-state index in [0.717, 1.165) is 26.2 Å². The van der Waals surface area contributed by atoms with Crippen molar-refractivity contribution in [2.75, 3.05) is 32.7 Å². The summed E-state index contributed by atoms with van der Waals surface area (Å²) in [4.78, 5) is 15.2. The van der Waals surface area contributed by atoms with Crippen LogP contribution in [-0.2, 0) is 4.79 Å². The summed E-state index contributed by atoms with van der Waals surface area (Å²) in [7, 11) is 0. The molecule has 1 aliphatic heterocycles. The van der Waals surface area contributed by atoms with E-state index in [9.17, 15) is 4.79 Å². The number of hydrogen-bond donors (Lipinski definition) is 1. The Morgan fingerprint density at radius 2 is 1.67 bits per heavy atom. The van der Waals surface area contributed by atoms with Crippen molar-refractivity contribution in [2.45, 2.75) is 33.7 Å². The molecule has 0 atom stereocenters. The molecule has 2 N–H and O–H groups in total. The van der Waals surface area contributed by atoms with Crippen LogP contribution in [0.3, 0.4) is 0 Å². The smallest absolute Gasteiger partial charge is 0.231 e. The van der Waals surface area contributed by atoms with Crippen LogP contribution in [0.1, 0.15) is 27.7 Å². The molecule has 4 heteroatoms. The second-order valence-electron chi connectivity index (χ2n) is 3.87. The first-order valence-corrected chi connectivity index (χ1v) is 5.84.